The molecule has 0 amide bonds. The van der Waals surface area contributed by atoms with E-state index in [9.17, 15) is 0 Å². The van der Waals surface area contributed by atoms with Crippen LogP contribution in [0.15, 0.2) is 18.7 Å². The molecule has 0 spiro atoms. The molecular weight excluding hydrogens is 160 g/mol. The fraction of sp³-hybridized carbons (Fsp3) is 0.636. The van der Waals surface area contributed by atoms with Gasteiger partial charge in [-0.2, -0.15) is 0 Å². The molecule has 0 aliphatic carbocycles. The lowest BCUT2D eigenvalue weighted by Crippen LogP contribution is -2.13. The predicted molar refractivity (Wildman–Crippen MR) is 54.4 cm³/mol. The lowest BCUT2D eigenvalue weighted by molar-refractivity contribution is 0.386. The van der Waals surface area contributed by atoms with Crippen LogP contribution < -0.4 is 0 Å². The van der Waals surface area contributed by atoms with E-state index in [0.717, 1.165) is 0 Å². The summed E-state index contributed by atoms with van der Waals surface area (Å²) in [5.74, 6) is 1.86. The van der Waals surface area contributed by atoms with Crippen LogP contribution in [0.3, 0.4) is 0 Å². The van der Waals surface area contributed by atoms with Gasteiger partial charge in [0.1, 0.15) is 6.33 Å². The van der Waals surface area contributed by atoms with Gasteiger partial charge in [-0.3, -0.25) is 0 Å². The Morgan fingerprint density at radius 1 is 0.923 bits per heavy atom. The van der Waals surface area contributed by atoms with Gasteiger partial charge in [0.15, 0.2) is 0 Å². The maximum absolute atomic E-state index is 4.06. The lowest BCUT2D eigenvalue weighted by Gasteiger charge is -2.24. The molecule has 0 aromatic carbocycles. The Kier molecular flexibility index (Phi) is 3.40. The lowest BCUT2D eigenvalue weighted by atomic mass is 9.81. The summed E-state index contributed by atoms with van der Waals surface area (Å²) in [5, 5.41) is 0. The van der Waals surface area contributed by atoms with Crippen LogP contribution in [-0.4, -0.2) is 9.97 Å². The van der Waals surface area contributed by atoms with Crippen LogP contribution in [0.25, 0.3) is 0 Å². The minimum absolute atomic E-state index is 0.571. The number of nitrogens with zero attached hydrogens (tertiary/aromatic N) is 2. The van der Waals surface area contributed by atoms with Crippen LogP contribution in [0.2, 0.25) is 0 Å². The van der Waals surface area contributed by atoms with Crippen LogP contribution >= 0.6 is 0 Å². The third-order valence-electron chi connectivity index (χ3n) is 2.40. The van der Waals surface area contributed by atoms with Gasteiger partial charge in [0.25, 0.3) is 0 Å². The molecule has 0 aliphatic heterocycles. The van der Waals surface area contributed by atoms with E-state index in [1.165, 1.54) is 5.56 Å². The second-order valence-electron chi connectivity index (χ2n) is 4.19. The SMILES string of the molecule is CC(C)C(c1cncnc1)C(C)C. The Hall–Kier alpha value is -0.920. The van der Waals surface area contributed by atoms with Gasteiger partial charge in [0.2, 0.25) is 0 Å². The minimum Gasteiger partial charge on any atom is -0.245 e. The molecular formula is C11H18N2. The van der Waals surface area contributed by atoms with Gasteiger partial charge in [-0.15, -0.1) is 0 Å². The predicted octanol–water partition coefficient (Wildman–Crippen LogP) is 2.87. The van der Waals surface area contributed by atoms with Gasteiger partial charge in [-0.25, -0.2) is 9.97 Å². The summed E-state index contributed by atoms with van der Waals surface area (Å²) < 4.78 is 0. The normalized spacial score (nSPS) is 11.6. The molecule has 0 radical (unpaired) electrons. The Labute approximate surface area is 80.4 Å². The van der Waals surface area contributed by atoms with Crippen LogP contribution in [0, 0.1) is 11.8 Å². The van der Waals surface area contributed by atoms with E-state index in [-0.39, 0.29) is 0 Å². The first-order valence-corrected chi connectivity index (χ1v) is 4.87. The largest absolute Gasteiger partial charge is 0.245 e. The molecule has 2 nitrogen and oxygen atoms in total. The third kappa shape index (κ3) is 2.51. The maximum Gasteiger partial charge on any atom is 0.115 e. The molecule has 0 fully saturated rings. The number of hydrogen-bond acceptors (Lipinski definition) is 2. The highest BCUT2D eigenvalue weighted by Gasteiger charge is 2.19. The van der Waals surface area contributed by atoms with Crippen LogP contribution in [0.4, 0.5) is 0 Å². The van der Waals surface area contributed by atoms with Crippen LogP contribution in [0.5, 0.6) is 0 Å². The van der Waals surface area contributed by atoms with Crippen molar-refractivity contribution in [2.75, 3.05) is 0 Å². The zero-order valence-electron chi connectivity index (χ0n) is 8.86. The average molecular weight is 178 g/mol. The average Bonchev–Trinajstić information content (AvgIpc) is 2.04. The van der Waals surface area contributed by atoms with Gasteiger partial charge in [-0.1, -0.05) is 27.7 Å². The van der Waals surface area contributed by atoms with E-state index in [4.69, 9.17) is 0 Å². The summed E-state index contributed by atoms with van der Waals surface area (Å²) in [6, 6.07) is 0. The van der Waals surface area contributed by atoms with Crippen molar-refractivity contribution in [2.24, 2.45) is 11.8 Å². The third-order valence-corrected chi connectivity index (χ3v) is 2.40. The highest BCUT2D eigenvalue weighted by molar-refractivity contribution is 5.11. The van der Waals surface area contributed by atoms with Crippen molar-refractivity contribution in [1.29, 1.82) is 0 Å². The molecule has 0 unspecified atom stereocenters. The molecule has 1 aromatic rings. The highest BCUT2D eigenvalue weighted by atomic mass is 14.8. The zero-order chi connectivity index (χ0) is 9.84. The van der Waals surface area contributed by atoms with Gasteiger partial charge >= 0.3 is 0 Å². The minimum atomic E-state index is 0.571. The first kappa shape index (κ1) is 10.2. The zero-order valence-corrected chi connectivity index (χ0v) is 8.86. The van der Waals surface area contributed by atoms with Gasteiger partial charge < -0.3 is 0 Å². The summed E-state index contributed by atoms with van der Waals surface area (Å²) in [6.45, 7) is 8.99. The summed E-state index contributed by atoms with van der Waals surface area (Å²) in [6.07, 6.45) is 5.44. The summed E-state index contributed by atoms with van der Waals surface area (Å²) in [5.41, 5.74) is 1.26. The number of aromatic nitrogens is 2. The van der Waals surface area contributed by atoms with Crippen molar-refractivity contribution in [2.45, 2.75) is 33.6 Å². The molecule has 1 aromatic heterocycles. The Bertz CT molecular complexity index is 234. The summed E-state index contributed by atoms with van der Waals surface area (Å²) in [7, 11) is 0. The molecule has 72 valence electrons. The van der Waals surface area contributed by atoms with Crippen molar-refractivity contribution >= 4 is 0 Å². The van der Waals surface area contributed by atoms with Crippen LogP contribution in [-0.2, 0) is 0 Å². The van der Waals surface area contributed by atoms with Gasteiger partial charge in [-0.05, 0) is 23.3 Å². The van der Waals surface area contributed by atoms with Crippen molar-refractivity contribution in [3.63, 3.8) is 0 Å². The van der Waals surface area contributed by atoms with E-state index in [0.29, 0.717) is 17.8 Å². The number of rotatable bonds is 3. The monoisotopic (exact) mass is 178 g/mol. The van der Waals surface area contributed by atoms with Crippen LogP contribution in [0.1, 0.15) is 39.2 Å². The molecule has 2 heteroatoms. The standard InChI is InChI=1S/C11H18N2/c1-8(2)11(9(3)4)10-5-12-7-13-6-10/h5-9,11H,1-4H3. The second-order valence-corrected chi connectivity index (χ2v) is 4.19. The van der Waals surface area contributed by atoms with Crippen molar-refractivity contribution in [3.8, 4) is 0 Å². The van der Waals surface area contributed by atoms with Gasteiger partial charge in [0.05, 0.1) is 0 Å². The topological polar surface area (TPSA) is 25.8 Å². The number of hydrogen-bond donors (Lipinski definition) is 0. The van der Waals surface area contributed by atoms with E-state index in [1.807, 2.05) is 12.4 Å². The van der Waals surface area contributed by atoms with E-state index < -0.39 is 0 Å². The first-order valence-electron chi connectivity index (χ1n) is 4.87. The molecule has 1 heterocycles. The first-order chi connectivity index (χ1) is 6.13. The molecule has 1 rings (SSSR count). The molecule has 0 saturated carbocycles. The van der Waals surface area contributed by atoms with E-state index >= 15 is 0 Å². The van der Waals surface area contributed by atoms with Crippen molar-refractivity contribution in [1.82, 2.24) is 9.97 Å². The Balaban J connectivity index is 2.89. The highest BCUT2D eigenvalue weighted by Crippen LogP contribution is 2.30. The Morgan fingerprint density at radius 2 is 1.38 bits per heavy atom. The molecule has 0 atom stereocenters. The Morgan fingerprint density at radius 3 is 1.77 bits per heavy atom. The summed E-state index contributed by atoms with van der Waals surface area (Å²) >= 11 is 0. The van der Waals surface area contributed by atoms with Crippen molar-refractivity contribution < 1.29 is 0 Å². The summed E-state index contributed by atoms with van der Waals surface area (Å²) in [4.78, 5) is 8.12. The van der Waals surface area contributed by atoms with E-state index in [2.05, 4.69) is 37.7 Å². The van der Waals surface area contributed by atoms with Gasteiger partial charge in [0, 0.05) is 12.4 Å². The smallest absolute Gasteiger partial charge is 0.115 e. The molecule has 0 N–H and O–H groups in total. The maximum atomic E-state index is 4.06. The molecule has 0 aliphatic rings. The fourth-order valence-electron chi connectivity index (χ4n) is 2.02. The molecule has 13 heavy (non-hydrogen) atoms. The molecule has 0 saturated heterocycles. The molecule has 0 bridgehead atoms. The van der Waals surface area contributed by atoms with E-state index in [1.54, 1.807) is 6.33 Å². The fourth-order valence-corrected chi connectivity index (χ4v) is 2.02. The van der Waals surface area contributed by atoms with Crippen molar-refractivity contribution in [3.05, 3.63) is 24.3 Å². The quantitative estimate of drug-likeness (QED) is 0.711. The second kappa shape index (κ2) is 4.35.